The molecular weight excluding hydrogens is 254 g/mol. The Morgan fingerprint density at radius 2 is 2.10 bits per heavy atom. The van der Waals surface area contributed by atoms with Crippen LogP contribution < -0.4 is 0 Å². The van der Waals surface area contributed by atoms with Crippen LogP contribution in [0.25, 0.3) is 0 Å². The summed E-state index contributed by atoms with van der Waals surface area (Å²) in [5.74, 6) is 0.711. The smallest absolute Gasteiger partial charge is 0.0627 e. The molecule has 0 bridgehead atoms. The maximum Gasteiger partial charge on any atom is 0.0627 e. The number of rotatable bonds is 8. The SMILES string of the molecule is CCOCC1(CC2CCN(C)C2COC(C)C)COC1. The molecule has 0 saturated carbocycles. The first kappa shape index (κ1) is 16.2. The number of likely N-dealkylation sites (tertiary alicyclic amines) is 1. The van der Waals surface area contributed by atoms with Gasteiger partial charge in [0, 0.05) is 18.1 Å². The zero-order valence-electron chi connectivity index (χ0n) is 13.6. The van der Waals surface area contributed by atoms with Crippen molar-refractivity contribution in [2.75, 3.05) is 46.6 Å². The topological polar surface area (TPSA) is 30.9 Å². The van der Waals surface area contributed by atoms with Crippen molar-refractivity contribution < 1.29 is 14.2 Å². The highest BCUT2D eigenvalue weighted by Crippen LogP contribution is 2.40. The van der Waals surface area contributed by atoms with E-state index in [2.05, 4.69) is 32.7 Å². The van der Waals surface area contributed by atoms with E-state index in [9.17, 15) is 0 Å². The highest BCUT2D eigenvalue weighted by atomic mass is 16.5. The molecule has 0 aliphatic carbocycles. The highest BCUT2D eigenvalue weighted by molar-refractivity contribution is 4.94. The summed E-state index contributed by atoms with van der Waals surface area (Å²) in [6.07, 6.45) is 2.80. The minimum atomic E-state index is 0.266. The Bertz CT molecular complexity index is 291. The molecule has 0 aromatic rings. The van der Waals surface area contributed by atoms with Gasteiger partial charge >= 0.3 is 0 Å². The van der Waals surface area contributed by atoms with Crippen molar-refractivity contribution in [1.82, 2.24) is 4.90 Å². The molecule has 2 atom stereocenters. The van der Waals surface area contributed by atoms with Crippen LogP contribution >= 0.6 is 0 Å². The van der Waals surface area contributed by atoms with E-state index < -0.39 is 0 Å². The fourth-order valence-corrected chi connectivity index (χ4v) is 3.41. The number of nitrogens with zero attached hydrogens (tertiary/aromatic N) is 1. The monoisotopic (exact) mass is 285 g/mol. The van der Waals surface area contributed by atoms with Gasteiger partial charge in [0.15, 0.2) is 0 Å². The van der Waals surface area contributed by atoms with Gasteiger partial charge in [0.25, 0.3) is 0 Å². The van der Waals surface area contributed by atoms with Gasteiger partial charge in [-0.05, 0) is 53.1 Å². The second-order valence-corrected chi connectivity index (χ2v) is 6.81. The minimum Gasteiger partial charge on any atom is -0.381 e. The molecule has 2 aliphatic heterocycles. The molecule has 118 valence electrons. The third kappa shape index (κ3) is 3.94. The van der Waals surface area contributed by atoms with Crippen LogP contribution in [0.5, 0.6) is 0 Å². The Morgan fingerprint density at radius 3 is 2.65 bits per heavy atom. The van der Waals surface area contributed by atoms with Gasteiger partial charge in [-0.3, -0.25) is 0 Å². The molecule has 2 aliphatic rings. The van der Waals surface area contributed by atoms with E-state index >= 15 is 0 Å². The Hall–Kier alpha value is -0.160. The van der Waals surface area contributed by atoms with Crippen molar-refractivity contribution in [3.8, 4) is 0 Å². The van der Waals surface area contributed by atoms with Gasteiger partial charge in [-0.25, -0.2) is 0 Å². The molecule has 2 saturated heterocycles. The normalized spacial score (nSPS) is 29.9. The maximum absolute atomic E-state index is 5.87. The molecule has 4 nitrogen and oxygen atoms in total. The van der Waals surface area contributed by atoms with Crippen LogP contribution in [0.15, 0.2) is 0 Å². The van der Waals surface area contributed by atoms with Gasteiger partial charge in [-0.15, -0.1) is 0 Å². The van der Waals surface area contributed by atoms with E-state index in [-0.39, 0.29) is 5.41 Å². The summed E-state index contributed by atoms with van der Waals surface area (Å²) >= 11 is 0. The molecule has 0 spiro atoms. The van der Waals surface area contributed by atoms with Crippen LogP contribution in [0.1, 0.15) is 33.6 Å². The van der Waals surface area contributed by atoms with Crippen molar-refractivity contribution >= 4 is 0 Å². The molecule has 0 amide bonds. The number of hydrogen-bond donors (Lipinski definition) is 0. The molecule has 2 unspecified atom stereocenters. The quantitative estimate of drug-likeness (QED) is 0.684. The van der Waals surface area contributed by atoms with E-state index in [1.165, 1.54) is 19.4 Å². The van der Waals surface area contributed by atoms with E-state index in [0.717, 1.165) is 33.0 Å². The van der Waals surface area contributed by atoms with Crippen LogP contribution in [0.2, 0.25) is 0 Å². The summed E-state index contributed by atoms with van der Waals surface area (Å²) in [7, 11) is 2.22. The zero-order chi connectivity index (χ0) is 14.6. The summed E-state index contributed by atoms with van der Waals surface area (Å²) in [5.41, 5.74) is 0.266. The second kappa shape index (κ2) is 7.21. The average molecular weight is 285 g/mol. The first-order chi connectivity index (χ1) is 9.56. The van der Waals surface area contributed by atoms with Crippen molar-refractivity contribution in [1.29, 1.82) is 0 Å². The van der Waals surface area contributed by atoms with Gasteiger partial charge in [0.1, 0.15) is 0 Å². The van der Waals surface area contributed by atoms with Crippen LogP contribution in [-0.4, -0.2) is 63.7 Å². The lowest BCUT2D eigenvalue weighted by Crippen LogP contribution is -2.49. The lowest BCUT2D eigenvalue weighted by atomic mass is 9.76. The lowest BCUT2D eigenvalue weighted by molar-refractivity contribution is -0.159. The van der Waals surface area contributed by atoms with Crippen LogP contribution in [0.4, 0.5) is 0 Å². The number of ether oxygens (including phenoxy) is 3. The minimum absolute atomic E-state index is 0.266. The van der Waals surface area contributed by atoms with Crippen molar-refractivity contribution in [3.63, 3.8) is 0 Å². The summed E-state index contributed by atoms with van der Waals surface area (Å²) in [6, 6.07) is 0.552. The van der Waals surface area contributed by atoms with Crippen LogP contribution in [0.3, 0.4) is 0 Å². The molecule has 0 aromatic carbocycles. The molecule has 20 heavy (non-hydrogen) atoms. The van der Waals surface area contributed by atoms with Crippen LogP contribution in [0, 0.1) is 11.3 Å². The van der Waals surface area contributed by atoms with Gasteiger partial charge in [-0.1, -0.05) is 0 Å². The predicted octanol–water partition coefficient (Wildman–Crippen LogP) is 2.17. The summed E-state index contributed by atoms with van der Waals surface area (Å²) in [4.78, 5) is 2.46. The van der Waals surface area contributed by atoms with E-state index in [0.29, 0.717) is 18.1 Å². The first-order valence-electron chi connectivity index (χ1n) is 8.03. The summed E-state index contributed by atoms with van der Waals surface area (Å²) in [6.45, 7) is 11.7. The fourth-order valence-electron chi connectivity index (χ4n) is 3.41. The first-order valence-corrected chi connectivity index (χ1v) is 8.03. The summed E-state index contributed by atoms with van der Waals surface area (Å²) in [5, 5.41) is 0. The Balaban J connectivity index is 1.89. The number of likely N-dealkylation sites (N-methyl/N-ethyl adjacent to an activating group) is 1. The van der Waals surface area contributed by atoms with E-state index in [4.69, 9.17) is 14.2 Å². The molecule has 0 radical (unpaired) electrons. The lowest BCUT2D eigenvalue weighted by Gasteiger charge is -2.44. The summed E-state index contributed by atoms with van der Waals surface area (Å²) < 4.78 is 17.0. The predicted molar refractivity (Wildman–Crippen MR) is 80.0 cm³/mol. The van der Waals surface area contributed by atoms with E-state index in [1.807, 2.05) is 0 Å². The molecule has 4 heteroatoms. The molecule has 2 rings (SSSR count). The van der Waals surface area contributed by atoms with Crippen LogP contribution in [-0.2, 0) is 14.2 Å². The fraction of sp³-hybridized carbons (Fsp3) is 1.00. The Kier molecular flexibility index (Phi) is 5.84. The standard InChI is InChI=1S/C16H31NO3/c1-5-18-10-16(11-19-12-16)8-14-6-7-17(4)15(14)9-20-13(2)3/h13-15H,5-12H2,1-4H3. The van der Waals surface area contributed by atoms with Gasteiger partial charge < -0.3 is 19.1 Å². The molecular formula is C16H31NO3. The largest absolute Gasteiger partial charge is 0.381 e. The molecule has 0 aromatic heterocycles. The van der Waals surface area contributed by atoms with Gasteiger partial charge in [0.2, 0.25) is 0 Å². The molecule has 0 N–H and O–H groups in total. The Morgan fingerprint density at radius 1 is 1.35 bits per heavy atom. The number of hydrogen-bond acceptors (Lipinski definition) is 4. The van der Waals surface area contributed by atoms with Gasteiger partial charge in [0.05, 0.1) is 32.5 Å². The van der Waals surface area contributed by atoms with Gasteiger partial charge in [-0.2, -0.15) is 0 Å². The maximum atomic E-state index is 5.87. The third-order valence-electron chi connectivity index (χ3n) is 4.69. The average Bonchev–Trinajstić information content (AvgIpc) is 2.70. The Labute approximate surface area is 123 Å². The van der Waals surface area contributed by atoms with E-state index in [1.54, 1.807) is 0 Å². The molecule has 2 heterocycles. The zero-order valence-corrected chi connectivity index (χ0v) is 13.6. The third-order valence-corrected chi connectivity index (χ3v) is 4.69. The van der Waals surface area contributed by atoms with Crippen molar-refractivity contribution in [2.24, 2.45) is 11.3 Å². The second-order valence-electron chi connectivity index (χ2n) is 6.81. The molecule has 2 fully saturated rings. The van der Waals surface area contributed by atoms with Crippen molar-refractivity contribution in [2.45, 2.75) is 45.8 Å². The van der Waals surface area contributed by atoms with Crippen molar-refractivity contribution in [3.05, 3.63) is 0 Å². The highest BCUT2D eigenvalue weighted by Gasteiger charge is 2.44.